The van der Waals surface area contributed by atoms with Crippen LogP contribution in [0.25, 0.3) is 6.08 Å². The Kier molecular flexibility index (Phi) is 6.07. The Hall–Kier alpha value is -1.31. The molecule has 0 aliphatic heterocycles. The number of hydrogen-bond donors (Lipinski definition) is 2. The normalized spacial score (nSPS) is 14.3. The van der Waals surface area contributed by atoms with Gasteiger partial charge in [0.25, 0.3) is 0 Å². The first kappa shape index (κ1) is 15.7. The molecular weight excluding hydrogens is 359 g/mol. The summed E-state index contributed by atoms with van der Waals surface area (Å²) in [5.74, 6) is -0.308. The van der Waals surface area contributed by atoms with Crippen molar-refractivity contribution in [2.45, 2.75) is 26.3 Å². The average Bonchev–Trinajstić information content (AvgIpc) is 2.78. The fraction of sp³-hybridized carbons (Fsp3) is 0.385. The van der Waals surface area contributed by atoms with Gasteiger partial charge in [-0.05, 0) is 46.7 Å². The van der Waals surface area contributed by atoms with Crippen molar-refractivity contribution in [1.29, 1.82) is 0 Å². The summed E-state index contributed by atoms with van der Waals surface area (Å²) in [5, 5.41) is 2.60. The summed E-state index contributed by atoms with van der Waals surface area (Å²) in [6, 6.07) is 2.90. The maximum Gasteiger partial charge on any atom is 0.244 e. The van der Waals surface area contributed by atoms with Crippen LogP contribution in [0, 0.1) is 9.68 Å². The molecule has 0 bridgehead atoms. The lowest BCUT2D eigenvalue weighted by molar-refractivity contribution is -0.126. The topological polar surface area (TPSA) is 85.3 Å². The minimum absolute atomic E-state index is 0.000545. The lowest BCUT2D eigenvalue weighted by atomic mass is 9.98. The zero-order chi connectivity index (χ0) is 14.4. The van der Waals surface area contributed by atoms with E-state index in [0.29, 0.717) is 5.76 Å². The largest absolute Gasteiger partial charge is 0.451 e. The Balaban J connectivity index is 2.62. The molecule has 1 rings (SSSR count). The minimum Gasteiger partial charge on any atom is -0.451 e. The third kappa shape index (κ3) is 5.06. The van der Waals surface area contributed by atoms with E-state index in [2.05, 4.69) is 5.32 Å². The number of hydrogen-bond acceptors (Lipinski definition) is 3. The van der Waals surface area contributed by atoms with Crippen LogP contribution < -0.4 is 11.1 Å². The minimum atomic E-state index is -0.654. The summed E-state index contributed by atoms with van der Waals surface area (Å²) in [6.45, 7) is 3.81. The Morgan fingerprint density at radius 2 is 2.21 bits per heavy atom. The Morgan fingerprint density at radius 3 is 2.68 bits per heavy atom. The lowest BCUT2D eigenvalue weighted by Gasteiger charge is -2.20. The van der Waals surface area contributed by atoms with Crippen molar-refractivity contribution in [2.75, 3.05) is 0 Å². The van der Waals surface area contributed by atoms with E-state index < -0.39 is 11.9 Å². The quantitative estimate of drug-likeness (QED) is 0.588. The molecule has 1 aromatic rings. The van der Waals surface area contributed by atoms with Crippen molar-refractivity contribution in [1.82, 2.24) is 5.32 Å². The summed E-state index contributed by atoms with van der Waals surface area (Å²) in [5.41, 5.74) is 5.27. The van der Waals surface area contributed by atoms with Crippen molar-refractivity contribution in [2.24, 2.45) is 11.7 Å². The van der Waals surface area contributed by atoms with E-state index in [-0.39, 0.29) is 11.8 Å². The van der Waals surface area contributed by atoms with Gasteiger partial charge in [-0.25, -0.2) is 0 Å². The molecule has 3 N–H and O–H groups in total. The van der Waals surface area contributed by atoms with Gasteiger partial charge in [-0.1, -0.05) is 20.3 Å². The molecule has 1 heterocycles. The second-order valence-electron chi connectivity index (χ2n) is 4.25. The van der Waals surface area contributed by atoms with Gasteiger partial charge in [-0.2, -0.15) is 0 Å². The first-order valence-electron chi connectivity index (χ1n) is 5.97. The summed E-state index contributed by atoms with van der Waals surface area (Å²) < 4.78 is 6.03. The number of nitrogens with one attached hydrogen (secondary N) is 1. The van der Waals surface area contributed by atoms with E-state index in [1.165, 1.54) is 6.08 Å². The fourth-order valence-corrected chi connectivity index (χ4v) is 1.94. The van der Waals surface area contributed by atoms with E-state index >= 15 is 0 Å². The van der Waals surface area contributed by atoms with Gasteiger partial charge in [0.2, 0.25) is 11.8 Å². The van der Waals surface area contributed by atoms with Gasteiger partial charge in [-0.15, -0.1) is 0 Å². The maximum absolute atomic E-state index is 11.7. The molecule has 0 saturated heterocycles. The molecule has 2 amide bonds. The van der Waals surface area contributed by atoms with Crippen LogP contribution in [0.15, 0.2) is 22.6 Å². The Morgan fingerprint density at radius 1 is 1.53 bits per heavy atom. The van der Waals surface area contributed by atoms with Gasteiger partial charge in [0, 0.05) is 6.08 Å². The van der Waals surface area contributed by atoms with Crippen molar-refractivity contribution in [3.63, 3.8) is 0 Å². The van der Waals surface area contributed by atoms with Gasteiger partial charge in [0.15, 0.2) is 3.77 Å². The van der Waals surface area contributed by atoms with Crippen molar-refractivity contribution in [3.05, 3.63) is 27.7 Å². The third-order valence-electron chi connectivity index (χ3n) is 2.81. The molecule has 1 aromatic heterocycles. The molecular formula is C13H17IN2O3. The van der Waals surface area contributed by atoms with Gasteiger partial charge < -0.3 is 15.5 Å². The second kappa shape index (κ2) is 7.32. The number of rotatable bonds is 6. The van der Waals surface area contributed by atoms with E-state index in [9.17, 15) is 9.59 Å². The number of primary amides is 1. The van der Waals surface area contributed by atoms with Crippen LogP contribution in [-0.4, -0.2) is 17.9 Å². The van der Waals surface area contributed by atoms with Crippen molar-refractivity contribution >= 4 is 40.5 Å². The second-order valence-corrected chi connectivity index (χ2v) is 5.31. The molecule has 0 aliphatic rings. The molecule has 0 aromatic carbocycles. The maximum atomic E-state index is 11.7. The highest BCUT2D eigenvalue weighted by molar-refractivity contribution is 14.1. The highest BCUT2D eigenvalue weighted by atomic mass is 127. The number of amides is 2. The molecule has 0 spiro atoms. The number of carbonyl (C=O) groups is 2. The number of halogens is 1. The summed E-state index contributed by atoms with van der Waals surface area (Å²) in [4.78, 5) is 23.0. The summed E-state index contributed by atoms with van der Waals surface area (Å²) in [6.07, 6.45) is 3.63. The van der Waals surface area contributed by atoms with E-state index in [4.69, 9.17) is 10.2 Å². The smallest absolute Gasteiger partial charge is 0.244 e. The molecule has 104 valence electrons. The predicted octanol–water partition coefficient (Wildman–Crippen LogP) is 1.91. The average molecular weight is 376 g/mol. The monoisotopic (exact) mass is 376 g/mol. The Bertz CT molecular complexity index is 482. The first-order valence-corrected chi connectivity index (χ1v) is 7.05. The van der Waals surface area contributed by atoms with Crippen LogP contribution >= 0.6 is 22.6 Å². The molecule has 0 radical (unpaired) electrons. The molecule has 6 heteroatoms. The molecule has 0 fully saturated rings. The summed E-state index contributed by atoms with van der Waals surface area (Å²) in [7, 11) is 0. The molecule has 5 nitrogen and oxygen atoms in total. The first-order chi connectivity index (χ1) is 8.93. The molecule has 0 aliphatic carbocycles. The number of carbonyl (C=O) groups excluding carboxylic acids is 2. The number of furan rings is 1. The van der Waals surface area contributed by atoms with Gasteiger partial charge in [0.05, 0.1) is 0 Å². The number of nitrogens with two attached hydrogens (primary N) is 1. The van der Waals surface area contributed by atoms with Crippen LogP contribution in [0.1, 0.15) is 26.0 Å². The van der Waals surface area contributed by atoms with E-state index in [1.807, 2.05) is 36.4 Å². The molecule has 0 saturated carbocycles. The standard InChI is InChI=1S/C13H17IN2O3/c1-3-8(2)12(13(15)18)16-11(17)7-5-9-4-6-10(14)19-9/h4-8,12H,3H2,1-2H3,(H2,15,18)(H,16,17). The Labute approximate surface area is 125 Å². The SMILES string of the molecule is CCC(C)C(NC(=O)C=Cc1ccc(I)o1)C(N)=O. The van der Waals surface area contributed by atoms with Crippen LogP contribution in [0.3, 0.4) is 0 Å². The van der Waals surface area contributed by atoms with Crippen LogP contribution in [-0.2, 0) is 9.59 Å². The van der Waals surface area contributed by atoms with Gasteiger partial charge in [-0.3, -0.25) is 9.59 Å². The van der Waals surface area contributed by atoms with Crippen LogP contribution in [0.2, 0.25) is 0 Å². The van der Waals surface area contributed by atoms with Crippen molar-refractivity contribution < 1.29 is 14.0 Å². The lowest BCUT2D eigenvalue weighted by Crippen LogP contribution is -2.47. The van der Waals surface area contributed by atoms with E-state index in [1.54, 1.807) is 18.2 Å². The third-order valence-corrected chi connectivity index (χ3v) is 3.39. The molecule has 2 atom stereocenters. The fourth-order valence-electron chi connectivity index (χ4n) is 1.51. The molecule has 19 heavy (non-hydrogen) atoms. The zero-order valence-electron chi connectivity index (χ0n) is 10.9. The highest BCUT2D eigenvalue weighted by Gasteiger charge is 2.22. The van der Waals surface area contributed by atoms with Gasteiger partial charge >= 0.3 is 0 Å². The van der Waals surface area contributed by atoms with Crippen molar-refractivity contribution in [3.8, 4) is 0 Å². The predicted molar refractivity (Wildman–Crippen MR) is 81.0 cm³/mol. The van der Waals surface area contributed by atoms with Crippen LogP contribution in [0.4, 0.5) is 0 Å². The molecule has 2 unspecified atom stereocenters. The van der Waals surface area contributed by atoms with E-state index in [0.717, 1.165) is 10.2 Å². The van der Waals surface area contributed by atoms with Crippen LogP contribution in [0.5, 0.6) is 0 Å². The van der Waals surface area contributed by atoms with Gasteiger partial charge in [0.1, 0.15) is 11.8 Å². The highest BCUT2D eigenvalue weighted by Crippen LogP contribution is 2.11. The summed E-state index contributed by atoms with van der Waals surface area (Å²) >= 11 is 2.04. The zero-order valence-corrected chi connectivity index (χ0v) is 13.0.